The fourth-order valence-electron chi connectivity index (χ4n) is 3.14. The van der Waals surface area contributed by atoms with Crippen molar-refractivity contribution in [2.24, 2.45) is 10.7 Å². The summed E-state index contributed by atoms with van der Waals surface area (Å²) in [5, 5.41) is 0.528. The number of ether oxygens (including phenoxy) is 3. The van der Waals surface area contributed by atoms with Crippen LogP contribution in [0.4, 0.5) is 5.69 Å². The average Bonchev–Trinajstić information content (AvgIpc) is 3.12. The minimum Gasteiger partial charge on any atom is -0.490 e. The zero-order valence-corrected chi connectivity index (χ0v) is 21.8. The predicted molar refractivity (Wildman–Crippen MR) is 138 cm³/mol. The number of likely N-dealkylation sites (N-methyl/N-ethyl adjacent to an activating group) is 1. The number of aliphatic imine (C=N–C) groups is 1. The fraction of sp³-hybridized carbons (Fsp3) is 0.250. The molecule has 2 amide bonds. The second kappa shape index (κ2) is 11.9. The summed E-state index contributed by atoms with van der Waals surface area (Å²) < 4.78 is 16.4. The molecular formula is C24H24BrN3O6S. The van der Waals surface area contributed by atoms with Crippen LogP contribution in [0.25, 0.3) is 6.08 Å². The van der Waals surface area contributed by atoms with E-state index in [1.165, 1.54) is 18.9 Å². The van der Waals surface area contributed by atoms with Crippen LogP contribution in [-0.2, 0) is 14.3 Å². The van der Waals surface area contributed by atoms with Gasteiger partial charge in [0.1, 0.15) is 0 Å². The largest absolute Gasteiger partial charge is 0.490 e. The normalized spacial score (nSPS) is 15.5. The Bertz CT molecular complexity index is 1200. The summed E-state index contributed by atoms with van der Waals surface area (Å²) in [7, 11) is 1.32. The number of hydrogen-bond donors (Lipinski definition) is 1. The maximum Gasteiger partial charge on any atom is 0.337 e. The van der Waals surface area contributed by atoms with Crippen molar-refractivity contribution in [2.45, 2.75) is 13.8 Å². The molecule has 0 aromatic heterocycles. The topological polar surface area (TPSA) is 121 Å². The van der Waals surface area contributed by atoms with E-state index in [0.717, 1.165) is 0 Å². The molecule has 1 saturated heterocycles. The minimum atomic E-state index is -0.607. The molecule has 35 heavy (non-hydrogen) atoms. The van der Waals surface area contributed by atoms with Gasteiger partial charge in [-0.05, 0) is 89.6 Å². The van der Waals surface area contributed by atoms with Crippen molar-refractivity contribution in [1.82, 2.24) is 4.90 Å². The number of amides is 2. The molecular weight excluding hydrogens is 538 g/mol. The van der Waals surface area contributed by atoms with E-state index in [1.807, 2.05) is 13.8 Å². The van der Waals surface area contributed by atoms with Crippen LogP contribution in [0.2, 0.25) is 0 Å². The number of methoxy groups -OCH3 is 1. The van der Waals surface area contributed by atoms with Crippen LogP contribution in [0.5, 0.6) is 11.5 Å². The monoisotopic (exact) mass is 561 g/mol. The summed E-state index contributed by atoms with van der Waals surface area (Å²) in [5.41, 5.74) is 6.90. The second-order valence-electron chi connectivity index (χ2n) is 7.11. The maximum atomic E-state index is 13.0. The Balaban J connectivity index is 1.91. The van der Waals surface area contributed by atoms with Crippen LogP contribution in [-0.4, -0.2) is 54.7 Å². The first-order valence-electron chi connectivity index (χ1n) is 10.6. The first-order valence-corrected chi connectivity index (χ1v) is 12.2. The van der Waals surface area contributed by atoms with Crippen LogP contribution in [0.1, 0.15) is 29.8 Å². The van der Waals surface area contributed by atoms with E-state index >= 15 is 0 Å². The lowest BCUT2D eigenvalue weighted by Gasteiger charge is -2.14. The van der Waals surface area contributed by atoms with Gasteiger partial charge in [-0.2, -0.15) is 0 Å². The summed E-state index contributed by atoms with van der Waals surface area (Å²) in [6.45, 7) is 4.22. The molecule has 0 unspecified atom stereocenters. The molecule has 0 radical (unpaired) electrons. The van der Waals surface area contributed by atoms with Crippen LogP contribution >= 0.6 is 27.7 Å². The van der Waals surface area contributed by atoms with E-state index < -0.39 is 11.9 Å². The number of nitrogens with zero attached hydrogens (tertiary/aromatic N) is 2. The van der Waals surface area contributed by atoms with Crippen molar-refractivity contribution < 1.29 is 28.6 Å². The number of carbonyl (C=O) groups is 3. The van der Waals surface area contributed by atoms with Gasteiger partial charge in [-0.15, -0.1) is 0 Å². The van der Waals surface area contributed by atoms with Gasteiger partial charge < -0.3 is 19.9 Å². The van der Waals surface area contributed by atoms with Crippen molar-refractivity contribution in [3.63, 3.8) is 0 Å². The number of benzene rings is 2. The number of rotatable bonds is 9. The summed E-state index contributed by atoms with van der Waals surface area (Å²) in [5.74, 6) is -0.447. The number of primary amides is 1. The highest BCUT2D eigenvalue weighted by Gasteiger charge is 2.32. The summed E-state index contributed by atoms with van der Waals surface area (Å²) in [6.07, 6.45) is 1.74. The molecule has 11 heteroatoms. The molecule has 0 aliphatic carbocycles. The highest BCUT2D eigenvalue weighted by Crippen LogP contribution is 2.39. The highest BCUT2D eigenvalue weighted by atomic mass is 79.9. The number of thioether (sulfide) groups is 1. The van der Waals surface area contributed by atoms with Crippen molar-refractivity contribution >= 4 is 62.4 Å². The SMILES string of the molecule is CCOc1cc(C=C2SC(=Nc3ccc(C(=O)OC)cc3)N(CC)C2=O)cc(Br)c1OCC(N)=O. The molecule has 1 fully saturated rings. The quantitative estimate of drug-likeness (QED) is 0.361. The van der Waals surface area contributed by atoms with Crippen molar-refractivity contribution in [1.29, 1.82) is 0 Å². The van der Waals surface area contributed by atoms with Gasteiger partial charge >= 0.3 is 5.97 Å². The Morgan fingerprint density at radius 1 is 1.17 bits per heavy atom. The predicted octanol–water partition coefficient (Wildman–Crippen LogP) is 4.12. The second-order valence-corrected chi connectivity index (χ2v) is 8.97. The molecule has 3 rings (SSSR count). The molecule has 0 saturated carbocycles. The van der Waals surface area contributed by atoms with E-state index in [0.29, 0.717) is 56.0 Å². The van der Waals surface area contributed by atoms with Crippen molar-refractivity contribution in [3.8, 4) is 11.5 Å². The molecule has 9 nitrogen and oxygen atoms in total. The van der Waals surface area contributed by atoms with Gasteiger partial charge in [0, 0.05) is 6.54 Å². The lowest BCUT2D eigenvalue weighted by atomic mass is 10.2. The summed E-state index contributed by atoms with van der Waals surface area (Å²) >= 11 is 4.69. The molecule has 0 bridgehead atoms. The Kier molecular flexibility index (Phi) is 8.94. The van der Waals surface area contributed by atoms with E-state index in [1.54, 1.807) is 47.4 Å². The number of halogens is 1. The molecule has 2 aromatic rings. The first kappa shape index (κ1) is 26.3. The van der Waals surface area contributed by atoms with E-state index in [9.17, 15) is 14.4 Å². The highest BCUT2D eigenvalue weighted by molar-refractivity contribution is 9.10. The van der Waals surface area contributed by atoms with Crippen LogP contribution in [0.3, 0.4) is 0 Å². The maximum absolute atomic E-state index is 13.0. The van der Waals surface area contributed by atoms with Crippen molar-refractivity contribution in [2.75, 3.05) is 26.9 Å². The molecule has 2 aromatic carbocycles. The zero-order valence-electron chi connectivity index (χ0n) is 19.4. The van der Waals surface area contributed by atoms with Gasteiger partial charge in [-0.3, -0.25) is 14.5 Å². The third kappa shape index (κ3) is 6.43. The Labute approximate surface area is 215 Å². The van der Waals surface area contributed by atoms with Crippen LogP contribution < -0.4 is 15.2 Å². The first-order chi connectivity index (χ1) is 16.8. The minimum absolute atomic E-state index is 0.175. The lowest BCUT2D eigenvalue weighted by Crippen LogP contribution is -2.28. The molecule has 2 N–H and O–H groups in total. The number of esters is 1. The molecule has 1 heterocycles. The average molecular weight is 562 g/mol. The molecule has 0 atom stereocenters. The van der Waals surface area contributed by atoms with Gasteiger partial charge in [0.25, 0.3) is 11.8 Å². The third-order valence-corrected chi connectivity index (χ3v) is 6.30. The number of carbonyl (C=O) groups excluding carboxylic acids is 3. The smallest absolute Gasteiger partial charge is 0.337 e. The molecule has 1 aliphatic heterocycles. The lowest BCUT2D eigenvalue weighted by molar-refractivity contribution is -0.122. The van der Waals surface area contributed by atoms with Gasteiger partial charge in [0.05, 0.1) is 34.3 Å². The Morgan fingerprint density at radius 2 is 1.89 bits per heavy atom. The van der Waals surface area contributed by atoms with Gasteiger partial charge in [0.2, 0.25) is 0 Å². The summed E-state index contributed by atoms with van der Waals surface area (Å²) in [6, 6.07) is 10.1. The zero-order chi connectivity index (χ0) is 25.5. The molecule has 1 aliphatic rings. The van der Waals surface area contributed by atoms with Gasteiger partial charge in [-0.1, -0.05) is 0 Å². The molecule has 184 valence electrons. The van der Waals surface area contributed by atoms with Crippen LogP contribution in [0, 0.1) is 0 Å². The third-order valence-electron chi connectivity index (χ3n) is 4.71. The summed E-state index contributed by atoms with van der Waals surface area (Å²) in [4.78, 5) is 42.5. The number of amidine groups is 1. The Hall–Kier alpha value is -3.31. The van der Waals surface area contributed by atoms with E-state index in [4.69, 9.17) is 19.9 Å². The van der Waals surface area contributed by atoms with E-state index in [-0.39, 0.29) is 12.5 Å². The van der Waals surface area contributed by atoms with Gasteiger partial charge in [-0.25, -0.2) is 9.79 Å². The van der Waals surface area contributed by atoms with Crippen molar-refractivity contribution in [3.05, 3.63) is 56.9 Å². The van der Waals surface area contributed by atoms with E-state index in [2.05, 4.69) is 20.9 Å². The standard InChI is InChI=1S/C24H24BrN3O6S/c1-4-28-22(30)19(35-24(28)27-16-8-6-15(7-9-16)23(31)32-3)12-14-10-17(25)21(34-13-20(26)29)18(11-14)33-5-2/h6-12H,4-5,13H2,1-3H3,(H2,26,29). The molecule has 0 spiro atoms. The van der Waals surface area contributed by atoms with Crippen LogP contribution in [0.15, 0.2) is 50.8 Å². The fourth-order valence-corrected chi connectivity index (χ4v) is 4.78. The Morgan fingerprint density at radius 3 is 2.49 bits per heavy atom. The number of hydrogen-bond acceptors (Lipinski definition) is 8. The number of nitrogens with two attached hydrogens (primary N) is 1. The van der Waals surface area contributed by atoms with Gasteiger partial charge in [0.15, 0.2) is 23.3 Å².